The largest absolute Gasteiger partial charge is 0.458 e. The minimum absolute atomic E-state index is 0.627. The predicted molar refractivity (Wildman–Crippen MR) is 51.8 cm³/mol. The highest BCUT2D eigenvalue weighted by Crippen LogP contribution is 2.27. The van der Waals surface area contributed by atoms with Gasteiger partial charge in [-0.05, 0) is 28.9 Å². The molecule has 0 aliphatic rings. The minimum Gasteiger partial charge on any atom is -0.458 e. The monoisotopic (exact) mass is 244 g/mol. The van der Waals surface area contributed by atoms with Crippen molar-refractivity contribution in [3.8, 4) is 0 Å². The normalized spacial score (nSPS) is 10.8. The summed E-state index contributed by atoms with van der Waals surface area (Å²) in [6.45, 7) is 1.86. The number of fused-ring (bicyclic) bond motifs is 1. The van der Waals surface area contributed by atoms with E-state index in [0.717, 1.165) is 10.2 Å². The molecular formula is C8H5BrO2S. The Hall–Kier alpha value is -0.610. The lowest BCUT2D eigenvalue weighted by molar-refractivity contribution is 0.553. The summed E-state index contributed by atoms with van der Waals surface area (Å²) in [7, 11) is 0. The molecule has 0 saturated carbocycles. The molecule has 0 fully saturated rings. The van der Waals surface area contributed by atoms with E-state index in [2.05, 4.69) is 15.9 Å². The lowest BCUT2D eigenvalue weighted by atomic mass is 10.4. The molecule has 0 spiro atoms. The quantitative estimate of drug-likeness (QED) is 0.660. The summed E-state index contributed by atoms with van der Waals surface area (Å²) in [5, 5.41) is 0. The molecule has 0 saturated heterocycles. The summed E-state index contributed by atoms with van der Waals surface area (Å²) < 4.78 is 12.1. The van der Waals surface area contributed by atoms with Crippen LogP contribution in [0.4, 0.5) is 0 Å². The van der Waals surface area contributed by atoms with E-state index in [-0.39, 0.29) is 0 Å². The van der Waals surface area contributed by atoms with E-state index in [4.69, 9.17) is 21.1 Å². The van der Waals surface area contributed by atoms with E-state index in [1.54, 1.807) is 12.3 Å². The van der Waals surface area contributed by atoms with Crippen LogP contribution in [0.5, 0.6) is 0 Å². The van der Waals surface area contributed by atoms with E-state index >= 15 is 0 Å². The van der Waals surface area contributed by atoms with Gasteiger partial charge in [0, 0.05) is 0 Å². The van der Waals surface area contributed by atoms with Gasteiger partial charge in [0.1, 0.15) is 12.0 Å². The van der Waals surface area contributed by atoms with Crippen LogP contribution in [-0.2, 0) is 0 Å². The molecule has 2 nitrogen and oxygen atoms in total. The molecule has 0 aliphatic heterocycles. The molecule has 0 atom stereocenters. The first-order chi connectivity index (χ1) is 5.68. The number of furan rings is 1. The molecule has 0 aliphatic carbocycles. The second-order valence-corrected chi connectivity index (χ2v) is 3.76. The van der Waals surface area contributed by atoms with Gasteiger partial charge in [-0.1, -0.05) is 12.2 Å². The van der Waals surface area contributed by atoms with Crippen LogP contribution >= 0.6 is 28.1 Å². The third-order valence-electron chi connectivity index (χ3n) is 1.52. The van der Waals surface area contributed by atoms with Crippen LogP contribution in [0.25, 0.3) is 11.2 Å². The topological polar surface area (TPSA) is 26.3 Å². The molecule has 12 heavy (non-hydrogen) atoms. The zero-order valence-corrected chi connectivity index (χ0v) is 8.66. The second-order valence-electron chi connectivity index (χ2n) is 2.46. The zero-order valence-electron chi connectivity index (χ0n) is 6.26. The van der Waals surface area contributed by atoms with E-state index in [0.29, 0.717) is 15.7 Å². The van der Waals surface area contributed by atoms with Gasteiger partial charge in [0.2, 0.25) is 0 Å². The van der Waals surface area contributed by atoms with Gasteiger partial charge in [-0.25, -0.2) is 0 Å². The molecule has 2 rings (SSSR count). The third kappa shape index (κ3) is 1.11. The van der Waals surface area contributed by atoms with Crippen molar-refractivity contribution < 1.29 is 8.83 Å². The average Bonchev–Trinajstić information content (AvgIpc) is 2.33. The van der Waals surface area contributed by atoms with Crippen LogP contribution in [0.2, 0.25) is 0 Å². The van der Waals surface area contributed by atoms with Crippen molar-refractivity contribution in [1.82, 2.24) is 0 Å². The molecule has 0 amide bonds. The van der Waals surface area contributed by atoms with Crippen LogP contribution in [0.1, 0.15) is 5.76 Å². The lowest BCUT2D eigenvalue weighted by Gasteiger charge is -1.92. The van der Waals surface area contributed by atoms with Gasteiger partial charge in [0.15, 0.2) is 11.2 Å². The minimum atomic E-state index is 0.627. The standard InChI is InChI=1S/C8H5BrO2S/c1-4-2-6(12)8-7(11-4)5(9)3-10-8/h2-3H,1H3. The van der Waals surface area contributed by atoms with Gasteiger partial charge in [-0.2, -0.15) is 0 Å². The number of halogens is 1. The van der Waals surface area contributed by atoms with Crippen molar-refractivity contribution >= 4 is 39.3 Å². The number of hydrogen-bond donors (Lipinski definition) is 0. The first-order valence-corrected chi connectivity index (χ1v) is 4.56. The Bertz CT molecular complexity index is 483. The first-order valence-electron chi connectivity index (χ1n) is 3.36. The average molecular weight is 245 g/mol. The second kappa shape index (κ2) is 2.71. The van der Waals surface area contributed by atoms with Crippen molar-refractivity contribution in [3.63, 3.8) is 0 Å². The van der Waals surface area contributed by atoms with Gasteiger partial charge in [0.05, 0.1) is 8.98 Å². The Morgan fingerprint density at radius 2 is 2.17 bits per heavy atom. The van der Waals surface area contributed by atoms with Crippen LogP contribution in [0.3, 0.4) is 0 Å². The molecule has 0 bridgehead atoms. The van der Waals surface area contributed by atoms with Crippen LogP contribution in [-0.4, -0.2) is 0 Å². The van der Waals surface area contributed by atoms with Crippen LogP contribution in [0, 0.1) is 11.4 Å². The maximum atomic E-state index is 5.41. The summed E-state index contributed by atoms with van der Waals surface area (Å²) in [4.78, 5) is 0. The Morgan fingerprint density at radius 1 is 1.42 bits per heavy atom. The molecule has 2 heterocycles. The number of rotatable bonds is 0. The highest BCUT2D eigenvalue weighted by Gasteiger charge is 2.07. The lowest BCUT2D eigenvalue weighted by Crippen LogP contribution is -1.72. The van der Waals surface area contributed by atoms with Gasteiger partial charge >= 0.3 is 0 Å². The maximum Gasteiger partial charge on any atom is 0.188 e. The van der Waals surface area contributed by atoms with Gasteiger partial charge in [0.25, 0.3) is 0 Å². The van der Waals surface area contributed by atoms with Crippen LogP contribution in [0.15, 0.2) is 25.6 Å². The molecule has 2 aromatic heterocycles. The fraction of sp³-hybridized carbons (Fsp3) is 0.125. The molecule has 2 aromatic rings. The summed E-state index contributed by atoms with van der Waals surface area (Å²) in [5.74, 6) is 0.787. The Morgan fingerprint density at radius 3 is 2.92 bits per heavy atom. The fourth-order valence-electron chi connectivity index (χ4n) is 1.03. The van der Waals surface area contributed by atoms with Crippen molar-refractivity contribution in [2.45, 2.75) is 6.92 Å². The Labute approximate surface area is 82.3 Å². The highest BCUT2D eigenvalue weighted by molar-refractivity contribution is 9.10. The van der Waals surface area contributed by atoms with Crippen LogP contribution < -0.4 is 0 Å². The molecule has 4 heteroatoms. The Balaban J connectivity index is 3.03. The Kier molecular flexibility index (Phi) is 1.81. The molecule has 0 N–H and O–H groups in total. The summed E-state index contributed by atoms with van der Waals surface area (Å²) in [5.41, 5.74) is 1.31. The molecule has 0 unspecified atom stereocenters. The summed E-state index contributed by atoms with van der Waals surface area (Å²) in [6, 6.07) is 1.77. The smallest absolute Gasteiger partial charge is 0.188 e. The summed E-state index contributed by atoms with van der Waals surface area (Å²) >= 11 is 8.38. The van der Waals surface area contributed by atoms with E-state index < -0.39 is 0 Å². The highest BCUT2D eigenvalue weighted by atomic mass is 79.9. The van der Waals surface area contributed by atoms with Gasteiger partial charge in [-0.3, -0.25) is 0 Å². The molecular weight excluding hydrogens is 240 g/mol. The van der Waals surface area contributed by atoms with Crippen molar-refractivity contribution in [1.29, 1.82) is 0 Å². The summed E-state index contributed by atoms with van der Waals surface area (Å²) in [6.07, 6.45) is 1.57. The van der Waals surface area contributed by atoms with Crippen molar-refractivity contribution in [3.05, 3.63) is 27.1 Å². The molecule has 0 aromatic carbocycles. The van der Waals surface area contributed by atoms with Gasteiger partial charge < -0.3 is 8.83 Å². The molecule has 0 radical (unpaired) electrons. The zero-order chi connectivity index (χ0) is 8.72. The van der Waals surface area contributed by atoms with E-state index in [1.165, 1.54) is 0 Å². The maximum absolute atomic E-state index is 5.41. The third-order valence-corrected chi connectivity index (χ3v) is 2.37. The van der Waals surface area contributed by atoms with Gasteiger partial charge in [-0.15, -0.1) is 0 Å². The first kappa shape index (κ1) is 8.01. The number of hydrogen-bond acceptors (Lipinski definition) is 3. The van der Waals surface area contributed by atoms with Crippen molar-refractivity contribution in [2.75, 3.05) is 0 Å². The molecule has 62 valence electrons. The SMILES string of the molecule is Cc1cc(=S)c2occ(Br)c2o1. The van der Waals surface area contributed by atoms with E-state index in [9.17, 15) is 0 Å². The fourth-order valence-corrected chi connectivity index (χ4v) is 1.69. The van der Waals surface area contributed by atoms with E-state index in [1.807, 2.05) is 6.92 Å². The predicted octanol–water partition coefficient (Wildman–Crippen LogP) is 3.83. The number of aryl methyl sites for hydroxylation is 1. The van der Waals surface area contributed by atoms with Crippen molar-refractivity contribution in [2.24, 2.45) is 0 Å².